The van der Waals surface area contributed by atoms with Crippen LogP contribution < -0.4 is 4.74 Å². The van der Waals surface area contributed by atoms with Crippen LogP contribution in [0.5, 0.6) is 11.5 Å². The first-order chi connectivity index (χ1) is 11.9. The number of benzene rings is 1. The zero-order chi connectivity index (χ0) is 18.1. The van der Waals surface area contributed by atoms with Gasteiger partial charge in [-0.05, 0) is 49.9 Å². The number of phenols is 1. The standard InChI is InChI=1S/C18H20O6S/c1-9-13-8-24-17(20)14(13)15(19)12(16(9)23-2)6-4-10-3-5-11(7-10)25-18(21)22/h4,11,19H,3,5-8H2,1-2H3,(H,21,22)/t11-/m0/s1. The number of cyclic esters (lactones) is 1. The summed E-state index contributed by atoms with van der Waals surface area (Å²) >= 11 is 0.958. The number of rotatable bonds is 4. The lowest BCUT2D eigenvalue weighted by Crippen LogP contribution is -2.03. The molecule has 134 valence electrons. The summed E-state index contributed by atoms with van der Waals surface area (Å²) in [6.07, 6.45) is 4.84. The first-order valence-electron chi connectivity index (χ1n) is 8.08. The minimum atomic E-state index is -0.849. The van der Waals surface area contributed by atoms with Crippen LogP contribution in [0, 0.1) is 6.92 Å². The molecule has 3 rings (SSSR count). The van der Waals surface area contributed by atoms with Gasteiger partial charge in [-0.1, -0.05) is 11.6 Å². The quantitative estimate of drug-likeness (QED) is 0.620. The number of hydrogen-bond donors (Lipinski definition) is 2. The normalized spacial score (nSPS) is 20.6. The fourth-order valence-electron chi connectivity index (χ4n) is 3.55. The lowest BCUT2D eigenvalue weighted by Gasteiger charge is -2.15. The van der Waals surface area contributed by atoms with Gasteiger partial charge in [-0.25, -0.2) is 9.59 Å². The number of esters is 1. The summed E-state index contributed by atoms with van der Waals surface area (Å²) in [6.45, 7) is 2.00. The van der Waals surface area contributed by atoms with Crippen LogP contribution in [-0.2, 0) is 17.8 Å². The van der Waals surface area contributed by atoms with Crippen molar-refractivity contribution in [3.63, 3.8) is 0 Å². The third-order valence-corrected chi connectivity index (χ3v) is 5.72. The van der Waals surface area contributed by atoms with Gasteiger partial charge in [-0.3, -0.25) is 0 Å². The maximum atomic E-state index is 11.9. The van der Waals surface area contributed by atoms with Crippen LogP contribution in [0.15, 0.2) is 11.6 Å². The predicted molar refractivity (Wildman–Crippen MR) is 93.6 cm³/mol. The van der Waals surface area contributed by atoms with E-state index in [1.54, 1.807) is 0 Å². The summed E-state index contributed by atoms with van der Waals surface area (Å²) in [5.74, 6) is -0.0157. The molecule has 1 aromatic rings. The molecule has 7 heteroatoms. The molecule has 1 atom stereocenters. The van der Waals surface area contributed by atoms with E-state index in [1.807, 2.05) is 13.0 Å². The number of ether oxygens (including phenoxy) is 2. The lowest BCUT2D eigenvalue weighted by atomic mass is 9.95. The van der Waals surface area contributed by atoms with E-state index in [-0.39, 0.29) is 23.2 Å². The summed E-state index contributed by atoms with van der Waals surface area (Å²) in [7, 11) is 1.54. The number of carboxylic acid groups (broad SMARTS) is 1. The first kappa shape index (κ1) is 17.7. The van der Waals surface area contributed by atoms with Gasteiger partial charge in [0.2, 0.25) is 0 Å². The Hall–Kier alpha value is -2.15. The molecule has 6 nitrogen and oxygen atoms in total. The van der Waals surface area contributed by atoms with Gasteiger partial charge in [0.1, 0.15) is 23.7 Å². The van der Waals surface area contributed by atoms with E-state index in [4.69, 9.17) is 14.6 Å². The number of thioether (sulfide) groups is 1. The zero-order valence-corrected chi connectivity index (χ0v) is 14.9. The molecule has 25 heavy (non-hydrogen) atoms. The topological polar surface area (TPSA) is 93.1 Å². The second-order valence-corrected chi connectivity index (χ2v) is 7.48. The van der Waals surface area contributed by atoms with E-state index in [0.29, 0.717) is 23.3 Å². The highest BCUT2D eigenvalue weighted by molar-refractivity contribution is 8.13. The molecule has 0 unspecified atom stereocenters. The third kappa shape index (κ3) is 3.33. The minimum absolute atomic E-state index is 0.0775. The Kier molecular flexibility index (Phi) is 4.94. The smallest absolute Gasteiger partial charge is 0.365 e. The number of hydrogen-bond acceptors (Lipinski definition) is 6. The molecule has 0 amide bonds. The molecule has 0 bridgehead atoms. The molecule has 1 aliphatic carbocycles. The average Bonchev–Trinajstić information content (AvgIpc) is 3.15. The van der Waals surface area contributed by atoms with Crippen LogP contribution in [0.4, 0.5) is 4.79 Å². The van der Waals surface area contributed by atoms with Crippen molar-refractivity contribution >= 4 is 23.0 Å². The summed E-state index contributed by atoms with van der Waals surface area (Å²) < 4.78 is 10.5. The minimum Gasteiger partial charge on any atom is -0.507 e. The van der Waals surface area contributed by atoms with Crippen molar-refractivity contribution < 1.29 is 29.3 Å². The number of phenolic OH excluding ortho intramolecular Hbond substituents is 1. The van der Waals surface area contributed by atoms with Crippen molar-refractivity contribution in [3.05, 3.63) is 33.9 Å². The molecule has 0 spiro atoms. The molecule has 1 aliphatic heterocycles. The largest absolute Gasteiger partial charge is 0.507 e. The van der Waals surface area contributed by atoms with Crippen molar-refractivity contribution in [1.29, 1.82) is 0 Å². The molecule has 1 fully saturated rings. The van der Waals surface area contributed by atoms with Gasteiger partial charge < -0.3 is 19.7 Å². The molecule has 1 saturated carbocycles. The Bertz CT molecular complexity index is 768. The summed E-state index contributed by atoms with van der Waals surface area (Å²) in [5, 5.41) is 18.7. The SMILES string of the molecule is COc1c(C)c2c(c(O)c1CC=C1CC[C@H](SC(=O)O)C1)C(=O)OC2. The number of fused-ring (bicyclic) bond motifs is 1. The molecule has 0 radical (unpaired) electrons. The highest BCUT2D eigenvalue weighted by atomic mass is 32.2. The van der Waals surface area contributed by atoms with Crippen molar-refractivity contribution in [2.24, 2.45) is 0 Å². The Morgan fingerprint density at radius 3 is 2.92 bits per heavy atom. The van der Waals surface area contributed by atoms with Gasteiger partial charge >= 0.3 is 11.3 Å². The zero-order valence-electron chi connectivity index (χ0n) is 14.1. The lowest BCUT2D eigenvalue weighted by molar-refractivity contribution is 0.0533. The Morgan fingerprint density at radius 2 is 2.24 bits per heavy atom. The first-order valence-corrected chi connectivity index (χ1v) is 8.96. The van der Waals surface area contributed by atoms with E-state index in [0.717, 1.165) is 36.6 Å². The molecule has 2 aliphatic rings. The maximum absolute atomic E-state index is 11.9. The Morgan fingerprint density at radius 1 is 1.48 bits per heavy atom. The van der Waals surface area contributed by atoms with Crippen LogP contribution in [-0.4, -0.2) is 33.8 Å². The van der Waals surface area contributed by atoms with Crippen LogP contribution in [0.2, 0.25) is 0 Å². The van der Waals surface area contributed by atoms with Gasteiger partial charge in [-0.2, -0.15) is 0 Å². The van der Waals surface area contributed by atoms with Crippen LogP contribution in [0.3, 0.4) is 0 Å². The Balaban J connectivity index is 1.87. The van der Waals surface area contributed by atoms with Gasteiger partial charge in [0.25, 0.3) is 0 Å². The molecule has 1 aromatic carbocycles. The van der Waals surface area contributed by atoms with Crippen molar-refractivity contribution in [1.82, 2.24) is 0 Å². The number of allylic oxidation sites excluding steroid dienone is 2. The fraction of sp³-hybridized carbons (Fsp3) is 0.444. The van der Waals surface area contributed by atoms with E-state index in [9.17, 15) is 14.7 Å². The number of carbonyl (C=O) groups is 2. The number of carbonyl (C=O) groups excluding carboxylic acids is 1. The number of aromatic hydroxyl groups is 1. The monoisotopic (exact) mass is 364 g/mol. The molecule has 1 heterocycles. The molecule has 0 saturated heterocycles. The molecular weight excluding hydrogens is 344 g/mol. The van der Waals surface area contributed by atoms with E-state index in [2.05, 4.69) is 0 Å². The molecular formula is C18H20O6S. The highest BCUT2D eigenvalue weighted by Crippen LogP contribution is 2.42. The van der Waals surface area contributed by atoms with E-state index < -0.39 is 11.3 Å². The van der Waals surface area contributed by atoms with E-state index in [1.165, 1.54) is 12.7 Å². The van der Waals surface area contributed by atoms with Gasteiger partial charge in [0.15, 0.2) is 0 Å². The average molecular weight is 364 g/mol. The third-order valence-electron chi connectivity index (χ3n) is 4.79. The van der Waals surface area contributed by atoms with Crippen LogP contribution in [0.1, 0.15) is 46.3 Å². The molecule has 0 aromatic heterocycles. The van der Waals surface area contributed by atoms with Crippen LogP contribution in [0.25, 0.3) is 0 Å². The fourth-order valence-corrected chi connectivity index (χ4v) is 4.36. The van der Waals surface area contributed by atoms with Gasteiger partial charge in [-0.15, -0.1) is 0 Å². The predicted octanol–water partition coefficient (Wildman–Crippen LogP) is 3.81. The summed E-state index contributed by atoms with van der Waals surface area (Å²) in [4.78, 5) is 22.7. The van der Waals surface area contributed by atoms with Crippen LogP contribution >= 0.6 is 11.8 Å². The van der Waals surface area contributed by atoms with Crippen molar-refractivity contribution in [2.75, 3.05) is 7.11 Å². The highest BCUT2D eigenvalue weighted by Gasteiger charge is 2.32. The second kappa shape index (κ2) is 7.00. The summed E-state index contributed by atoms with van der Waals surface area (Å²) in [5.41, 5.74) is 3.45. The summed E-state index contributed by atoms with van der Waals surface area (Å²) in [6, 6.07) is 0. The second-order valence-electron chi connectivity index (χ2n) is 6.23. The van der Waals surface area contributed by atoms with Crippen molar-refractivity contribution in [3.8, 4) is 11.5 Å². The van der Waals surface area contributed by atoms with Gasteiger partial charge in [0, 0.05) is 16.4 Å². The maximum Gasteiger partial charge on any atom is 0.365 e. The molecule has 2 N–H and O–H groups in total. The Labute approximate surface area is 149 Å². The number of methoxy groups -OCH3 is 1. The van der Waals surface area contributed by atoms with Gasteiger partial charge in [0.05, 0.1) is 7.11 Å². The van der Waals surface area contributed by atoms with Crippen molar-refractivity contribution in [2.45, 2.75) is 44.5 Å². The van der Waals surface area contributed by atoms with E-state index >= 15 is 0 Å².